The van der Waals surface area contributed by atoms with Crippen LogP contribution >= 0.6 is 0 Å². The van der Waals surface area contributed by atoms with Gasteiger partial charge in [0.1, 0.15) is 0 Å². The first-order chi connectivity index (χ1) is 12.2. The smallest absolute Gasteiger partial charge is 0.201 e. The van der Waals surface area contributed by atoms with E-state index < -0.39 is 6.04 Å². The molecule has 2 aromatic rings. The van der Waals surface area contributed by atoms with E-state index in [1.807, 2.05) is 19.1 Å². The molecule has 0 aliphatic heterocycles. The Kier molecular flexibility index (Phi) is 5.75. The number of carbonyl (C=O) groups excluding carboxylic acids is 2. The quantitative estimate of drug-likeness (QED) is 0.735. The van der Waals surface area contributed by atoms with E-state index in [0.717, 1.165) is 11.3 Å². The van der Waals surface area contributed by atoms with Gasteiger partial charge in [-0.05, 0) is 51.8 Å². The van der Waals surface area contributed by atoms with Gasteiger partial charge in [-0.25, -0.2) is 0 Å². The van der Waals surface area contributed by atoms with Crippen LogP contribution in [-0.2, 0) is 0 Å². The summed E-state index contributed by atoms with van der Waals surface area (Å²) in [4.78, 5) is 27.7. The Labute approximate surface area is 153 Å². The molecule has 1 heterocycles. The van der Waals surface area contributed by atoms with Crippen LogP contribution in [0.1, 0.15) is 51.5 Å². The van der Waals surface area contributed by atoms with Crippen molar-refractivity contribution in [2.45, 2.75) is 40.7 Å². The zero-order valence-corrected chi connectivity index (χ0v) is 16.4. The molecule has 26 heavy (non-hydrogen) atoms. The minimum atomic E-state index is -0.483. The Balaban J connectivity index is 2.31. The lowest BCUT2D eigenvalue weighted by atomic mass is 10.0. The molecule has 0 saturated heterocycles. The molecular formula is C20H26N2O4. The zero-order chi connectivity index (χ0) is 19.6. The monoisotopic (exact) mass is 358 g/mol. The van der Waals surface area contributed by atoms with E-state index in [0.29, 0.717) is 34.0 Å². The highest BCUT2D eigenvalue weighted by atomic mass is 16.5. The summed E-state index contributed by atoms with van der Waals surface area (Å²) < 4.78 is 10.6. The lowest BCUT2D eigenvalue weighted by Gasteiger charge is -2.18. The van der Waals surface area contributed by atoms with E-state index in [1.54, 1.807) is 35.0 Å². The summed E-state index contributed by atoms with van der Waals surface area (Å²) in [6.45, 7) is 8.83. The Morgan fingerprint density at radius 1 is 1.08 bits per heavy atom. The number of hydrogen-bond acceptors (Lipinski definition) is 5. The molecule has 1 aromatic carbocycles. The van der Waals surface area contributed by atoms with Crippen LogP contribution in [0, 0.1) is 20.8 Å². The summed E-state index contributed by atoms with van der Waals surface area (Å²) >= 11 is 0. The maximum Gasteiger partial charge on any atom is 0.201 e. The third-order valence-corrected chi connectivity index (χ3v) is 4.53. The van der Waals surface area contributed by atoms with Crippen molar-refractivity contribution < 1.29 is 19.1 Å². The van der Waals surface area contributed by atoms with Crippen LogP contribution in [0.25, 0.3) is 0 Å². The van der Waals surface area contributed by atoms with Gasteiger partial charge >= 0.3 is 0 Å². The maximum atomic E-state index is 12.9. The minimum absolute atomic E-state index is 0.0494. The van der Waals surface area contributed by atoms with E-state index in [-0.39, 0.29) is 11.6 Å². The number of rotatable bonds is 7. The highest BCUT2D eigenvalue weighted by molar-refractivity contribution is 6.05. The van der Waals surface area contributed by atoms with E-state index in [1.165, 1.54) is 6.92 Å². The van der Waals surface area contributed by atoms with Crippen LogP contribution in [0.4, 0.5) is 5.69 Å². The molecule has 2 rings (SSSR count). The first kappa shape index (κ1) is 19.6. The molecule has 0 aliphatic rings. The molecule has 1 unspecified atom stereocenters. The molecule has 6 heteroatoms. The average molecular weight is 358 g/mol. The molecule has 6 nitrogen and oxygen atoms in total. The van der Waals surface area contributed by atoms with Crippen LogP contribution in [0.15, 0.2) is 12.1 Å². The van der Waals surface area contributed by atoms with Crippen molar-refractivity contribution in [3.05, 3.63) is 40.2 Å². The van der Waals surface area contributed by atoms with Gasteiger partial charge in [-0.15, -0.1) is 0 Å². The van der Waals surface area contributed by atoms with Gasteiger partial charge in [-0.2, -0.15) is 0 Å². The van der Waals surface area contributed by atoms with E-state index >= 15 is 0 Å². The average Bonchev–Trinajstić information content (AvgIpc) is 2.89. The summed E-state index contributed by atoms with van der Waals surface area (Å²) in [5, 5.41) is 3.23. The second-order valence-corrected chi connectivity index (χ2v) is 6.43. The van der Waals surface area contributed by atoms with Gasteiger partial charge in [0.25, 0.3) is 0 Å². The number of nitrogens with one attached hydrogen (secondary N) is 2. The van der Waals surface area contributed by atoms with Gasteiger partial charge < -0.3 is 19.8 Å². The van der Waals surface area contributed by atoms with Crippen molar-refractivity contribution in [2.24, 2.45) is 0 Å². The second kappa shape index (κ2) is 7.64. The summed E-state index contributed by atoms with van der Waals surface area (Å²) in [5.74, 6) is 1.07. The molecule has 0 bridgehead atoms. The van der Waals surface area contributed by atoms with E-state index in [4.69, 9.17) is 9.47 Å². The number of H-pyrrole nitrogens is 1. The Hall–Kier alpha value is -2.76. The predicted octanol–water partition coefficient (Wildman–Crippen LogP) is 3.84. The largest absolute Gasteiger partial charge is 0.493 e. The van der Waals surface area contributed by atoms with Crippen molar-refractivity contribution in [1.82, 2.24) is 4.98 Å². The van der Waals surface area contributed by atoms with Crippen LogP contribution in [0.2, 0.25) is 0 Å². The first-order valence-corrected chi connectivity index (χ1v) is 8.44. The molecule has 0 amide bonds. The molecule has 1 aromatic heterocycles. The Morgan fingerprint density at radius 3 is 2.15 bits per heavy atom. The predicted molar refractivity (Wildman–Crippen MR) is 102 cm³/mol. The lowest BCUT2D eigenvalue weighted by molar-refractivity contribution is 0.0970. The molecule has 0 saturated carbocycles. The number of benzene rings is 1. The third kappa shape index (κ3) is 3.59. The number of ketones is 2. The SMILES string of the molecule is COc1cc(C)c(NC(C)C(=O)c2[nH]c(C)c(C(C)=O)c2C)cc1OC. The number of anilines is 1. The molecule has 2 N–H and O–H groups in total. The summed E-state index contributed by atoms with van der Waals surface area (Å²) in [5.41, 5.74) is 4.18. The summed E-state index contributed by atoms with van der Waals surface area (Å²) in [7, 11) is 3.15. The van der Waals surface area contributed by atoms with Crippen LogP contribution < -0.4 is 14.8 Å². The molecular weight excluding hydrogens is 332 g/mol. The van der Waals surface area contributed by atoms with Gasteiger partial charge in [0.2, 0.25) is 5.78 Å². The first-order valence-electron chi connectivity index (χ1n) is 8.44. The number of ether oxygens (including phenoxy) is 2. The standard InChI is InChI=1S/C20H26N2O4/c1-10-8-16(25-6)17(26-7)9-15(10)21-13(4)20(24)19-11(2)18(14(5)23)12(3)22-19/h8-9,13,21-22H,1-7H3. The molecule has 0 fully saturated rings. The third-order valence-electron chi connectivity index (χ3n) is 4.53. The Morgan fingerprint density at radius 2 is 1.65 bits per heavy atom. The topological polar surface area (TPSA) is 80.4 Å². The van der Waals surface area contributed by atoms with E-state index in [2.05, 4.69) is 10.3 Å². The molecule has 0 spiro atoms. The summed E-state index contributed by atoms with van der Waals surface area (Å²) in [6, 6.07) is 3.19. The fourth-order valence-electron chi connectivity index (χ4n) is 3.18. The highest BCUT2D eigenvalue weighted by Gasteiger charge is 2.24. The number of aryl methyl sites for hydroxylation is 2. The second-order valence-electron chi connectivity index (χ2n) is 6.43. The van der Waals surface area contributed by atoms with Crippen LogP contribution in [0.5, 0.6) is 11.5 Å². The van der Waals surface area contributed by atoms with Gasteiger partial charge in [-0.3, -0.25) is 9.59 Å². The van der Waals surface area contributed by atoms with Crippen molar-refractivity contribution in [3.8, 4) is 11.5 Å². The number of Topliss-reactive ketones (excluding diaryl/α,β-unsaturated/α-hetero) is 2. The zero-order valence-electron chi connectivity index (χ0n) is 16.4. The van der Waals surface area contributed by atoms with E-state index in [9.17, 15) is 9.59 Å². The summed E-state index contributed by atoms with van der Waals surface area (Å²) in [6.07, 6.45) is 0. The van der Waals surface area contributed by atoms with Gasteiger partial charge in [0, 0.05) is 23.0 Å². The Bertz CT molecular complexity index is 852. The van der Waals surface area contributed by atoms with Gasteiger partial charge in [0.05, 0.1) is 26.0 Å². The number of aromatic amines is 1. The maximum absolute atomic E-state index is 12.9. The highest BCUT2D eigenvalue weighted by Crippen LogP contribution is 2.33. The van der Waals surface area contributed by atoms with Crippen LogP contribution in [-0.4, -0.2) is 36.8 Å². The van der Waals surface area contributed by atoms with Crippen molar-refractivity contribution in [3.63, 3.8) is 0 Å². The fraction of sp³-hybridized carbons (Fsp3) is 0.400. The molecule has 140 valence electrons. The number of carbonyl (C=O) groups is 2. The van der Waals surface area contributed by atoms with Crippen molar-refractivity contribution in [2.75, 3.05) is 19.5 Å². The number of methoxy groups -OCH3 is 2. The fourth-order valence-corrected chi connectivity index (χ4v) is 3.18. The number of hydrogen-bond donors (Lipinski definition) is 2. The number of aromatic nitrogens is 1. The minimum Gasteiger partial charge on any atom is -0.493 e. The lowest BCUT2D eigenvalue weighted by Crippen LogP contribution is -2.27. The van der Waals surface area contributed by atoms with Gasteiger partial charge in [0.15, 0.2) is 17.3 Å². The normalized spacial score (nSPS) is 11.8. The van der Waals surface area contributed by atoms with Crippen LogP contribution in [0.3, 0.4) is 0 Å². The molecule has 0 radical (unpaired) electrons. The molecule has 1 atom stereocenters. The van der Waals surface area contributed by atoms with Gasteiger partial charge in [-0.1, -0.05) is 0 Å². The molecule has 0 aliphatic carbocycles. The van der Waals surface area contributed by atoms with Crippen molar-refractivity contribution in [1.29, 1.82) is 0 Å². The van der Waals surface area contributed by atoms with Crippen molar-refractivity contribution >= 4 is 17.3 Å².